The SMILES string of the molecule is CN1CCN([C@H]2CCN(c3cccc(C(F)(F)F)n3)C[C@H]2CCC(=O)O)CC1. The number of hydrogen-bond acceptors (Lipinski definition) is 5. The van der Waals surface area contributed by atoms with Crippen LogP contribution in [0, 0.1) is 5.92 Å². The second-order valence-corrected chi connectivity index (χ2v) is 7.71. The van der Waals surface area contributed by atoms with Gasteiger partial charge >= 0.3 is 12.1 Å². The first-order chi connectivity index (χ1) is 13.2. The number of aromatic nitrogens is 1. The molecule has 2 fully saturated rings. The van der Waals surface area contributed by atoms with Gasteiger partial charge in [-0.2, -0.15) is 13.2 Å². The van der Waals surface area contributed by atoms with E-state index in [0.29, 0.717) is 25.3 Å². The number of carboxylic acid groups (broad SMARTS) is 1. The van der Waals surface area contributed by atoms with Crippen molar-refractivity contribution < 1.29 is 23.1 Å². The van der Waals surface area contributed by atoms with Crippen molar-refractivity contribution in [1.29, 1.82) is 0 Å². The lowest BCUT2D eigenvalue weighted by Crippen LogP contribution is -2.56. The number of piperidine rings is 1. The number of nitrogens with zero attached hydrogens (tertiary/aromatic N) is 4. The molecule has 0 spiro atoms. The van der Waals surface area contributed by atoms with Crippen LogP contribution in [-0.4, -0.2) is 78.2 Å². The van der Waals surface area contributed by atoms with E-state index in [1.807, 2.05) is 4.90 Å². The Hall–Kier alpha value is -1.87. The molecule has 0 bridgehead atoms. The highest BCUT2D eigenvalue weighted by Gasteiger charge is 2.36. The van der Waals surface area contributed by atoms with Crippen LogP contribution in [0.15, 0.2) is 18.2 Å². The fraction of sp³-hybridized carbons (Fsp3) is 0.684. The third kappa shape index (κ3) is 5.14. The van der Waals surface area contributed by atoms with E-state index in [-0.39, 0.29) is 18.4 Å². The Morgan fingerprint density at radius 3 is 2.57 bits per heavy atom. The van der Waals surface area contributed by atoms with Crippen LogP contribution < -0.4 is 4.90 Å². The summed E-state index contributed by atoms with van der Waals surface area (Å²) in [6.45, 7) is 4.97. The summed E-state index contributed by atoms with van der Waals surface area (Å²) in [7, 11) is 2.08. The van der Waals surface area contributed by atoms with Gasteiger partial charge in [-0.15, -0.1) is 0 Å². The van der Waals surface area contributed by atoms with Gasteiger partial charge in [-0.25, -0.2) is 4.98 Å². The van der Waals surface area contributed by atoms with Crippen LogP contribution in [0.25, 0.3) is 0 Å². The smallest absolute Gasteiger partial charge is 0.433 e. The first-order valence-corrected chi connectivity index (χ1v) is 9.67. The predicted molar refractivity (Wildman–Crippen MR) is 99.3 cm³/mol. The van der Waals surface area contributed by atoms with E-state index in [0.717, 1.165) is 38.7 Å². The Kier molecular flexibility index (Phi) is 6.44. The summed E-state index contributed by atoms with van der Waals surface area (Å²) in [6.07, 6.45) is -3.09. The van der Waals surface area contributed by atoms with Gasteiger partial charge in [0, 0.05) is 51.7 Å². The topological polar surface area (TPSA) is 59.9 Å². The Morgan fingerprint density at radius 2 is 1.93 bits per heavy atom. The predicted octanol–water partition coefficient (Wildman–Crippen LogP) is 2.41. The van der Waals surface area contributed by atoms with E-state index in [1.165, 1.54) is 6.07 Å². The van der Waals surface area contributed by atoms with Crippen LogP contribution in [0.5, 0.6) is 0 Å². The molecule has 0 aliphatic carbocycles. The molecule has 3 rings (SSSR count). The molecule has 6 nitrogen and oxygen atoms in total. The molecular formula is C19H27F3N4O2. The molecule has 1 aromatic heterocycles. The number of piperazine rings is 1. The van der Waals surface area contributed by atoms with Crippen molar-refractivity contribution in [2.75, 3.05) is 51.2 Å². The molecule has 28 heavy (non-hydrogen) atoms. The molecule has 2 aliphatic heterocycles. The molecule has 2 saturated heterocycles. The lowest BCUT2D eigenvalue weighted by atomic mass is 9.86. The zero-order chi connectivity index (χ0) is 20.3. The first-order valence-electron chi connectivity index (χ1n) is 9.67. The maximum Gasteiger partial charge on any atom is 0.433 e. The highest BCUT2D eigenvalue weighted by Crippen LogP contribution is 2.32. The molecule has 1 N–H and O–H groups in total. The Morgan fingerprint density at radius 1 is 1.21 bits per heavy atom. The van der Waals surface area contributed by atoms with Crippen molar-refractivity contribution in [3.63, 3.8) is 0 Å². The van der Waals surface area contributed by atoms with Crippen molar-refractivity contribution >= 4 is 11.8 Å². The summed E-state index contributed by atoms with van der Waals surface area (Å²) in [5.74, 6) is -0.442. The van der Waals surface area contributed by atoms with Crippen LogP contribution in [0.3, 0.4) is 0 Å². The van der Waals surface area contributed by atoms with Gasteiger partial charge in [0.1, 0.15) is 11.5 Å². The third-order valence-electron chi connectivity index (χ3n) is 5.78. The summed E-state index contributed by atoms with van der Waals surface area (Å²) in [5.41, 5.74) is -0.895. The first kappa shape index (κ1) is 20.9. The van der Waals surface area contributed by atoms with E-state index in [4.69, 9.17) is 5.11 Å². The van der Waals surface area contributed by atoms with Crippen LogP contribution in [-0.2, 0) is 11.0 Å². The van der Waals surface area contributed by atoms with Gasteiger partial charge in [0.25, 0.3) is 0 Å². The standard InChI is InChI=1S/C19H27F3N4O2/c1-24-9-11-25(12-10-24)15-7-8-26(13-14(15)5-6-18(27)28)17-4-2-3-16(23-17)19(20,21)22/h2-4,14-15H,5-13H2,1H3,(H,27,28)/t14-,15+/m1/s1. The minimum absolute atomic E-state index is 0.0682. The molecule has 9 heteroatoms. The number of alkyl halides is 3. The Bertz CT molecular complexity index is 677. The minimum atomic E-state index is -4.48. The van der Waals surface area contributed by atoms with Gasteiger partial charge in [0.2, 0.25) is 0 Å². The highest BCUT2D eigenvalue weighted by molar-refractivity contribution is 5.66. The van der Waals surface area contributed by atoms with Crippen LogP contribution >= 0.6 is 0 Å². The maximum atomic E-state index is 13.0. The fourth-order valence-electron chi connectivity index (χ4n) is 4.21. The second-order valence-electron chi connectivity index (χ2n) is 7.71. The summed E-state index contributed by atoms with van der Waals surface area (Å²) >= 11 is 0. The summed E-state index contributed by atoms with van der Waals surface area (Å²) in [5, 5.41) is 9.11. The van der Waals surface area contributed by atoms with E-state index < -0.39 is 17.8 Å². The number of halogens is 3. The Balaban J connectivity index is 1.74. The monoisotopic (exact) mass is 400 g/mol. The average Bonchev–Trinajstić information content (AvgIpc) is 2.66. The largest absolute Gasteiger partial charge is 0.481 e. The number of rotatable bonds is 5. The molecule has 2 aliphatic rings. The van der Waals surface area contributed by atoms with Crippen LogP contribution in [0.4, 0.5) is 19.0 Å². The van der Waals surface area contributed by atoms with E-state index in [9.17, 15) is 18.0 Å². The molecule has 1 aromatic rings. The van der Waals surface area contributed by atoms with Crippen molar-refractivity contribution in [3.05, 3.63) is 23.9 Å². The van der Waals surface area contributed by atoms with Crippen molar-refractivity contribution in [3.8, 4) is 0 Å². The van der Waals surface area contributed by atoms with E-state index >= 15 is 0 Å². The Labute approximate surface area is 162 Å². The molecular weight excluding hydrogens is 373 g/mol. The molecule has 2 atom stereocenters. The van der Waals surface area contributed by atoms with Gasteiger partial charge in [-0.1, -0.05) is 6.07 Å². The second kappa shape index (κ2) is 8.65. The van der Waals surface area contributed by atoms with Crippen LogP contribution in [0.2, 0.25) is 0 Å². The van der Waals surface area contributed by atoms with Gasteiger partial charge in [0.05, 0.1) is 0 Å². The third-order valence-corrected chi connectivity index (χ3v) is 5.78. The lowest BCUT2D eigenvalue weighted by Gasteiger charge is -2.46. The van der Waals surface area contributed by atoms with Crippen molar-refractivity contribution in [1.82, 2.24) is 14.8 Å². The summed E-state index contributed by atoms with van der Waals surface area (Å²) < 4.78 is 39.0. The average molecular weight is 400 g/mol. The molecule has 156 valence electrons. The number of anilines is 1. The van der Waals surface area contributed by atoms with Gasteiger partial charge in [-0.3, -0.25) is 9.69 Å². The molecule has 0 amide bonds. The highest BCUT2D eigenvalue weighted by atomic mass is 19.4. The number of hydrogen-bond donors (Lipinski definition) is 1. The van der Waals surface area contributed by atoms with Gasteiger partial charge in [-0.05, 0) is 37.9 Å². The summed E-state index contributed by atoms with van der Waals surface area (Å²) in [6, 6.07) is 4.21. The van der Waals surface area contributed by atoms with E-state index in [2.05, 4.69) is 21.8 Å². The number of likely N-dealkylation sites (N-methyl/N-ethyl adjacent to an activating group) is 1. The lowest BCUT2D eigenvalue weighted by molar-refractivity contribution is -0.141. The molecule has 0 aromatic carbocycles. The van der Waals surface area contributed by atoms with Crippen molar-refractivity contribution in [2.24, 2.45) is 5.92 Å². The zero-order valence-corrected chi connectivity index (χ0v) is 16.0. The maximum absolute atomic E-state index is 13.0. The molecule has 0 saturated carbocycles. The number of pyridine rings is 1. The summed E-state index contributed by atoms with van der Waals surface area (Å²) in [4.78, 5) is 21.5. The number of aliphatic carboxylic acids is 1. The zero-order valence-electron chi connectivity index (χ0n) is 16.0. The quantitative estimate of drug-likeness (QED) is 0.819. The number of carboxylic acids is 1. The van der Waals surface area contributed by atoms with Crippen LogP contribution in [0.1, 0.15) is 25.0 Å². The van der Waals surface area contributed by atoms with Crippen molar-refractivity contribution in [2.45, 2.75) is 31.5 Å². The molecule has 3 heterocycles. The van der Waals surface area contributed by atoms with Gasteiger partial charge < -0.3 is 14.9 Å². The molecule has 0 unspecified atom stereocenters. The fourth-order valence-corrected chi connectivity index (χ4v) is 4.21. The number of carbonyl (C=O) groups is 1. The molecule has 0 radical (unpaired) electrons. The normalized spacial score (nSPS) is 25.1. The minimum Gasteiger partial charge on any atom is -0.481 e. The van der Waals surface area contributed by atoms with E-state index in [1.54, 1.807) is 6.07 Å². The van der Waals surface area contributed by atoms with Gasteiger partial charge in [0.15, 0.2) is 0 Å².